The van der Waals surface area contributed by atoms with E-state index in [-0.39, 0.29) is 5.38 Å². The van der Waals surface area contributed by atoms with E-state index in [2.05, 4.69) is 31.2 Å². The van der Waals surface area contributed by atoms with Gasteiger partial charge in [0.1, 0.15) is 0 Å². The van der Waals surface area contributed by atoms with E-state index in [0.717, 1.165) is 5.92 Å². The zero-order valence-corrected chi connectivity index (χ0v) is 9.43. The highest BCUT2D eigenvalue weighted by molar-refractivity contribution is 6.21. The number of rotatable bonds is 4. The van der Waals surface area contributed by atoms with Crippen LogP contribution in [0.3, 0.4) is 0 Å². The standard InChI is InChI=1S/C13H17Cl/c1-2-3-10-4-6-11(7-5-10)13(14)12-8-9-12/h4-7,12-13H,2-3,8-9H2,1H3. The van der Waals surface area contributed by atoms with Gasteiger partial charge in [-0.2, -0.15) is 0 Å². The van der Waals surface area contributed by atoms with Crippen molar-refractivity contribution in [2.24, 2.45) is 5.92 Å². The van der Waals surface area contributed by atoms with E-state index in [1.165, 1.54) is 36.8 Å². The van der Waals surface area contributed by atoms with Gasteiger partial charge in [0.05, 0.1) is 5.38 Å². The number of halogens is 1. The second-order valence-electron chi connectivity index (χ2n) is 4.23. The minimum Gasteiger partial charge on any atom is -0.118 e. The van der Waals surface area contributed by atoms with Crippen molar-refractivity contribution in [3.05, 3.63) is 35.4 Å². The summed E-state index contributed by atoms with van der Waals surface area (Å²) in [5, 5.41) is 0.255. The molecule has 0 spiro atoms. The molecule has 0 radical (unpaired) electrons. The van der Waals surface area contributed by atoms with E-state index < -0.39 is 0 Å². The van der Waals surface area contributed by atoms with Crippen molar-refractivity contribution in [3.63, 3.8) is 0 Å². The van der Waals surface area contributed by atoms with Crippen molar-refractivity contribution < 1.29 is 0 Å². The van der Waals surface area contributed by atoms with E-state index in [0.29, 0.717) is 0 Å². The molecule has 1 aromatic carbocycles. The fourth-order valence-electron chi connectivity index (χ4n) is 1.82. The summed E-state index contributed by atoms with van der Waals surface area (Å²) in [5.74, 6) is 0.744. The number of benzene rings is 1. The highest BCUT2D eigenvalue weighted by atomic mass is 35.5. The van der Waals surface area contributed by atoms with Gasteiger partial charge in [0.2, 0.25) is 0 Å². The van der Waals surface area contributed by atoms with Crippen LogP contribution in [0.15, 0.2) is 24.3 Å². The minimum absolute atomic E-state index is 0.255. The predicted octanol–water partition coefficient (Wildman–Crippen LogP) is 4.33. The Morgan fingerprint density at radius 1 is 1.29 bits per heavy atom. The Morgan fingerprint density at radius 2 is 1.93 bits per heavy atom. The number of alkyl halides is 1. The molecular weight excluding hydrogens is 192 g/mol. The van der Waals surface area contributed by atoms with Crippen molar-refractivity contribution in [3.8, 4) is 0 Å². The first-order valence-electron chi connectivity index (χ1n) is 5.54. The van der Waals surface area contributed by atoms with Crippen LogP contribution in [-0.4, -0.2) is 0 Å². The smallest absolute Gasteiger partial charge is 0.0613 e. The lowest BCUT2D eigenvalue weighted by Gasteiger charge is -2.08. The van der Waals surface area contributed by atoms with Gasteiger partial charge in [-0.1, -0.05) is 37.6 Å². The molecule has 1 heteroatoms. The Labute approximate surface area is 91.3 Å². The van der Waals surface area contributed by atoms with Gasteiger partial charge in [0.15, 0.2) is 0 Å². The van der Waals surface area contributed by atoms with Gasteiger partial charge in [-0.25, -0.2) is 0 Å². The third kappa shape index (κ3) is 2.30. The Morgan fingerprint density at radius 3 is 2.43 bits per heavy atom. The van der Waals surface area contributed by atoms with E-state index in [1.807, 2.05) is 0 Å². The molecule has 76 valence electrons. The molecule has 1 saturated carbocycles. The van der Waals surface area contributed by atoms with Gasteiger partial charge < -0.3 is 0 Å². The lowest BCUT2D eigenvalue weighted by Crippen LogP contribution is -1.93. The normalized spacial score (nSPS) is 18.1. The molecular formula is C13H17Cl. The molecule has 0 N–H and O–H groups in total. The SMILES string of the molecule is CCCc1ccc(C(Cl)C2CC2)cc1. The molecule has 1 aliphatic carbocycles. The summed E-state index contributed by atoms with van der Waals surface area (Å²) < 4.78 is 0. The fourth-order valence-corrected chi connectivity index (χ4v) is 2.22. The van der Waals surface area contributed by atoms with E-state index in [9.17, 15) is 0 Å². The molecule has 1 fully saturated rings. The second kappa shape index (κ2) is 4.35. The first-order chi connectivity index (χ1) is 6.81. The molecule has 1 aliphatic rings. The quantitative estimate of drug-likeness (QED) is 0.647. The molecule has 0 bridgehead atoms. The molecule has 14 heavy (non-hydrogen) atoms. The maximum Gasteiger partial charge on any atom is 0.0613 e. The van der Waals surface area contributed by atoms with Crippen LogP contribution in [0.25, 0.3) is 0 Å². The first-order valence-corrected chi connectivity index (χ1v) is 5.98. The summed E-state index contributed by atoms with van der Waals surface area (Å²) >= 11 is 6.33. The van der Waals surface area contributed by atoms with Gasteiger partial charge in [-0.15, -0.1) is 11.6 Å². The fraction of sp³-hybridized carbons (Fsp3) is 0.538. The summed E-state index contributed by atoms with van der Waals surface area (Å²) in [6, 6.07) is 8.83. The van der Waals surface area contributed by atoms with Crippen LogP contribution < -0.4 is 0 Å². The Bertz CT molecular complexity index is 285. The van der Waals surface area contributed by atoms with Crippen molar-refractivity contribution >= 4 is 11.6 Å². The molecule has 2 rings (SSSR count). The van der Waals surface area contributed by atoms with E-state index in [4.69, 9.17) is 11.6 Å². The first kappa shape index (κ1) is 10.0. The van der Waals surface area contributed by atoms with Crippen LogP contribution >= 0.6 is 11.6 Å². The molecule has 0 aliphatic heterocycles. The summed E-state index contributed by atoms with van der Waals surface area (Å²) in [6.45, 7) is 2.21. The molecule has 0 saturated heterocycles. The maximum atomic E-state index is 6.33. The topological polar surface area (TPSA) is 0 Å². The van der Waals surface area contributed by atoms with Crippen LogP contribution in [0.1, 0.15) is 42.7 Å². The van der Waals surface area contributed by atoms with Gasteiger partial charge in [-0.3, -0.25) is 0 Å². The van der Waals surface area contributed by atoms with Crippen molar-refractivity contribution in [1.82, 2.24) is 0 Å². The van der Waals surface area contributed by atoms with Crippen molar-refractivity contribution in [2.75, 3.05) is 0 Å². The zero-order valence-electron chi connectivity index (χ0n) is 8.67. The Balaban J connectivity index is 2.04. The van der Waals surface area contributed by atoms with Gasteiger partial charge >= 0.3 is 0 Å². The predicted molar refractivity (Wildman–Crippen MR) is 61.8 cm³/mol. The largest absolute Gasteiger partial charge is 0.118 e. The molecule has 0 amide bonds. The molecule has 0 heterocycles. The summed E-state index contributed by atoms with van der Waals surface area (Å²) in [5.41, 5.74) is 2.73. The van der Waals surface area contributed by atoms with Crippen LogP contribution in [-0.2, 0) is 6.42 Å². The van der Waals surface area contributed by atoms with Crippen LogP contribution in [0.5, 0.6) is 0 Å². The van der Waals surface area contributed by atoms with E-state index in [1.54, 1.807) is 0 Å². The summed E-state index contributed by atoms with van der Waals surface area (Å²) in [4.78, 5) is 0. The number of aryl methyl sites for hydroxylation is 1. The van der Waals surface area contributed by atoms with Crippen LogP contribution in [0, 0.1) is 5.92 Å². The monoisotopic (exact) mass is 208 g/mol. The van der Waals surface area contributed by atoms with Crippen LogP contribution in [0.4, 0.5) is 0 Å². The van der Waals surface area contributed by atoms with Gasteiger partial charge in [-0.05, 0) is 36.3 Å². The average Bonchev–Trinajstić information content (AvgIpc) is 3.02. The molecule has 1 unspecified atom stereocenters. The number of hydrogen-bond donors (Lipinski definition) is 0. The van der Waals surface area contributed by atoms with Crippen molar-refractivity contribution in [1.29, 1.82) is 0 Å². The molecule has 1 atom stereocenters. The summed E-state index contributed by atoms with van der Waals surface area (Å²) in [7, 11) is 0. The molecule has 1 aromatic rings. The average molecular weight is 209 g/mol. The lowest BCUT2D eigenvalue weighted by molar-refractivity contribution is 0.796. The van der Waals surface area contributed by atoms with Crippen molar-refractivity contribution in [2.45, 2.75) is 38.0 Å². The number of hydrogen-bond acceptors (Lipinski definition) is 0. The van der Waals surface area contributed by atoms with Crippen LogP contribution in [0.2, 0.25) is 0 Å². The Kier molecular flexibility index (Phi) is 3.12. The van der Waals surface area contributed by atoms with E-state index >= 15 is 0 Å². The maximum absolute atomic E-state index is 6.33. The zero-order chi connectivity index (χ0) is 9.97. The highest BCUT2D eigenvalue weighted by Crippen LogP contribution is 2.44. The molecule has 0 nitrogen and oxygen atoms in total. The summed E-state index contributed by atoms with van der Waals surface area (Å²) in [6.07, 6.45) is 5.01. The molecule has 0 aromatic heterocycles. The Hall–Kier alpha value is -0.490. The third-order valence-corrected chi connectivity index (χ3v) is 3.48. The second-order valence-corrected chi connectivity index (χ2v) is 4.70. The highest BCUT2D eigenvalue weighted by Gasteiger charge is 2.30. The third-order valence-electron chi connectivity index (χ3n) is 2.87. The minimum atomic E-state index is 0.255. The van der Waals surface area contributed by atoms with Gasteiger partial charge in [0.25, 0.3) is 0 Å². The lowest BCUT2D eigenvalue weighted by atomic mass is 10.0. The van der Waals surface area contributed by atoms with Gasteiger partial charge in [0, 0.05) is 0 Å².